The van der Waals surface area contributed by atoms with Gasteiger partial charge in [-0.15, -0.1) is 0 Å². The van der Waals surface area contributed by atoms with Crippen molar-refractivity contribution in [2.75, 3.05) is 0 Å². The Balaban J connectivity index is 2.82. The molecule has 1 N–H and O–H groups in total. The van der Waals surface area contributed by atoms with Gasteiger partial charge in [-0.25, -0.2) is 0 Å². The molecule has 0 aliphatic carbocycles. The number of hydrogen-bond donors (Lipinski definition) is 1. The lowest BCUT2D eigenvalue weighted by Gasteiger charge is -1.90. The Labute approximate surface area is 45.1 Å². The van der Waals surface area contributed by atoms with Crippen molar-refractivity contribution in [1.29, 1.82) is 0 Å². The van der Waals surface area contributed by atoms with Crippen LogP contribution in [0.3, 0.4) is 0 Å². The van der Waals surface area contributed by atoms with Crippen molar-refractivity contribution in [1.82, 2.24) is 0 Å². The highest BCUT2D eigenvalue weighted by Gasteiger charge is 1.78. The van der Waals surface area contributed by atoms with Crippen LogP contribution in [-0.4, -0.2) is 9.92 Å². The first-order chi connectivity index (χ1) is 3.39. The predicted molar refractivity (Wildman–Crippen MR) is 34.6 cm³/mol. The molecule has 1 aliphatic heterocycles. The van der Waals surface area contributed by atoms with E-state index in [0.717, 1.165) is 0 Å². The average molecular weight is 114 g/mol. The maximum Gasteiger partial charge on any atom is -0.00932 e. The lowest BCUT2D eigenvalue weighted by Crippen LogP contribution is -1.69. The fourth-order valence-electron chi connectivity index (χ4n) is 0.361. The van der Waals surface area contributed by atoms with Crippen LogP contribution in [0, 0.1) is 0 Å². The molecule has 1 atom stereocenters. The van der Waals surface area contributed by atoms with E-state index >= 15 is 0 Å². The van der Waals surface area contributed by atoms with Crippen molar-refractivity contribution >= 4 is 16.1 Å². The average Bonchev–Trinajstić information content (AvgIpc) is 1.69. The molecule has 0 amide bonds. The number of allylic oxidation sites excluding steroid dienone is 3. The van der Waals surface area contributed by atoms with Gasteiger partial charge in [-0.2, -0.15) is 0 Å². The minimum absolute atomic E-state index is 0.583. The lowest BCUT2D eigenvalue weighted by molar-refractivity contribution is 0.668. The summed E-state index contributed by atoms with van der Waals surface area (Å²) in [5.41, 5.74) is 0. The molecule has 0 aromatic carbocycles. The fourth-order valence-corrected chi connectivity index (χ4v) is 0.955. The van der Waals surface area contributed by atoms with E-state index in [1.165, 1.54) is 0 Å². The smallest absolute Gasteiger partial charge is 0.00932 e. The molecule has 0 saturated heterocycles. The van der Waals surface area contributed by atoms with E-state index in [-0.39, 0.29) is 0 Å². The van der Waals surface area contributed by atoms with Gasteiger partial charge < -0.3 is 4.55 Å². The Kier molecular flexibility index (Phi) is 1.44. The monoisotopic (exact) mass is 114 g/mol. The number of rotatable bonds is 0. The third kappa shape index (κ3) is 1.29. The molecule has 1 rings (SSSR count). The zero-order chi connectivity index (χ0) is 5.11. The van der Waals surface area contributed by atoms with Crippen LogP contribution in [0.15, 0.2) is 23.6 Å². The van der Waals surface area contributed by atoms with Gasteiger partial charge in [0.1, 0.15) is 0 Å². The zero-order valence-electron chi connectivity index (χ0n) is 3.74. The summed E-state index contributed by atoms with van der Waals surface area (Å²) in [5.74, 6) is 0. The SMILES string of the molecule is OS1=CC=CC=C1. The van der Waals surface area contributed by atoms with Gasteiger partial charge in [0.2, 0.25) is 0 Å². The van der Waals surface area contributed by atoms with Gasteiger partial charge in [-0.3, -0.25) is 0 Å². The molecular formula is C5H6OS. The molecule has 0 spiro atoms. The highest BCUT2D eigenvalue weighted by molar-refractivity contribution is 8.12. The molecule has 0 aromatic rings. The van der Waals surface area contributed by atoms with Crippen molar-refractivity contribution in [2.24, 2.45) is 0 Å². The van der Waals surface area contributed by atoms with Crippen LogP contribution in [0.5, 0.6) is 0 Å². The third-order valence-corrected chi connectivity index (χ3v) is 1.53. The topological polar surface area (TPSA) is 20.2 Å². The van der Waals surface area contributed by atoms with Crippen molar-refractivity contribution in [2.45, 2.75) is 0 Å². The normalized spacial score (nSPS) is 27.3. The molecule has 1 unspecified atom stereocenters. The predicted octanol–water partition coefficient (Wildman–Crippen LogP) is 1.61. The molecule has 2 heteroatoms. The molecule has 1 nitrogen and oxygen atoms in total. The summed E-state index contributed by atoms with van der Waals surface area (Å²) < 4.78 is 8.74. The van der Waals surface area contributed by atoms with Crippen molar-refractivity contribution in [3.63, 3.8) is 0 Å². The van der Waals surface area contributed by atoms with Crippen LogP contribution in [-0.2, 0) is 0 Å². The van der Waals surface area contributed by atoms with Crippen LogP contribution in [0.4, 0.5) is 0 Å². The van der Waals surface area contributed by atoms with E-state index in [1.54, 1.807) is 10.8 Å². The molecule has 7 heavy (non-hydrogen) atoms. The van der Waals surface area contributed by atoms with Crippen molar-refractivity contribution < 1.29 is 4.55 Å². The molecule has 0 saturated carbocycles. The summed E-state index contributed by atoms with van der Waals surface area (Å²) in [6, 6.07) is 0. The van der Waals surface area contributed by atoms with Gasteiger partial charge in [-0.05, 0) is 21.5 Å². The highest BCUT2D eigenvalue weighted by Crippen LogP contribution is 2.08. The van der Waals surface area contributed by atoms with Crippen LogP contribution >= 0.6 is 10.8 Å². The minimum Gasteiger partial charge on any atom is -0.333 e. The standard InChI is InChI=1S/C5H6OS/c6-7-4-2-1-3-5-7/h1-6H. The molecule has 1 aliphatic rings. The quantitative estimate of drug-likeness (QED) is 0.474. The van der Waals surface area contributed by atoms with Gasteiger partial charge in [0.05, 0.1) is 0 Å². The lowest BCUT2D eigenvalue weighted by atomic mass is 10.5. The van der Waals surface area contributed by atoms with Crippen LogP contribution in [0.2, 0.25) is 0 Å². The summed E-state index contributed by atoms with van der Waals surface area (Å²) in [7, 11) is -0.583. The molecule has 0 aromatic heterocycles. The van der Waals surface area contributed by atoms with Gasteiger partial charge in [0.25, 0.3) is 0 Å². The fraction of sp³-hybridized carbons (Fsp3) is 0. The van der Waals surface area contributed by atoms with Gasteiger partial charge in [0, 0.05) is 0 Å². The maximum atomic E-state index is 8.74. The second kappa shape index (κ2) is 2.09. The molecule has 1 heterocycles. The molecular weight excluding hydrogens is 108 g/mol. The summed E-state index contributed by atoms with van der Waals surface area (Å²) in [4.78, 5) is 0. The summed E-state index contributed by atoms with van der Waals surface area (Å²) >= 11 is 0. The minimum atomic E-state index is -0.583. The van der Waals surface area contributed by atoms with Crippen molar-refractivity contribution in [3.8, 4) is 0 Å². The van der Waals surface area contributed by atoms with E-state index < -0.39 is 10.8 Å². The van der Waals surface area contributed by atoms with Crippen LogP contribution in [0.1, 0.15) is 0 Å². The second-order valence-corrected chi connectivity index (χ2v) is 2.43. The summed E-state index contributed by atoms with van der Waals surface area (Å²) in [6.07, 6.45) is 5.56. The Bertz CT molecular complexity index is 144. The van der Waals surface area contributed by atoms with Crippen LogP contribution in [0.25, 0.3) is 0 Å². The third-order valence-electron chi connectivity index (χ3n) is 0.658. The Morgan fingerprint density at radius 3 is 2.29 bits per heavy atom. The van der Waals surface area contributed by atoms with E-state index in [4.69, 9.17) is 4.55 Å². The molecule has 0 radical (unpaired) electrons. The summed E-state index contributed by atoms with van der Waals surface area (Å²) in [5, 5.41) is 3.50. The zero-order valence-corrected chi connectivity index (χ0v) is 4.56. The van der Waals surface area contributed by atoms with E-state index in [1.807, 2.05) is 18.2 Å². The highest BCUT2D eigenvalue weighted by atomic mass is 32.2. The number of hydrogen-bond acceptors (Lipinski definition) is 1. The first-order valence-electron chi connectivity index (χ1n) is 1.99. The second-order valence-electron chi connectivity index (χ2n) is 1.20. The first-order valence-corrected chi connectivity index (χ1v) is 3.30. The van der Waals surface area contributed by atoms with E-state index in [2.05, 4.69) is 0 Å². The maximum absolute atomic E-state index is 8.74. The largest absolute Gasteiger partial charge is 0.333 e. The van der Waals surface area contributed by atoms with E-state index in [0.29, 0.717) is 0 Å². The molecule has 38 valence electrons. The Morgan fingerprint density at radius 2 is 2.00 bits per heavy atom. The Morgan fingerprint density at radius 1 is 1.14 bits per heavy atom. The van der Waals surface area contributed by atoms with Gasteiger partial charge in [-0.1, -0.05) is 18.2 Å². The molecule has 0 fully saturated rings. The molecule has 0 bridgehead atoms. The van der Waals surface area contributed by atoms with Crippen LogP contribution < -0.4 is 0 Å². The first kappa shape index (κ1) is 4.81. The summed E-state index contributed by atoms with van der Waals surface area (Å²) in [6.45, 7) is 0. The van der Waals surface area contributed by atoms with E-state index in [9.17, 15) is 0 Å². The van der Waals surface area contributed by atoms with Gasteiger partial charge in [0.15, 0.2) is 0 Å². The Hall–Kier alpha value is -0.340. The van der Waals surface area contributed by atoms with Gasteiger partial charge >= 0.3 is 0 Å². The van der Waals surface area contributed by atoms with Crippen molar-refractivity contribution in [3.05, 3.63) is 23.6 Å².